The van der Waals surface area contributed by atoms with Gasteiger partial charge >= 0.3 is 0 Å². The molecular formula is C6H12N2O. The van der Waals surface area contributed by atoms with Gasteiger partial charge in [0.05, 0.1) is 6.04 Å². The summed E-state index contributed by atoms with van der Waals surface area (Å²) < 4.78 is 0. The van der Waals surface area contributed by atoms with Gasteiger partial charge in [-0.1, -0.05) is 0 Å². The van der Waals surface area contributed by atoms with Crippen LogP contribution in [0.25, 0.3) is 0 Å². The normalized spacial score (nSPS) is 33.1. The third kappa shape index (κ3) is 1.42. The number of carbonyl (C=O) groups is 1. The smallest absolute Gasteiger partial charge is 0.217 e. The Morgan fingerprint density at radius 3 is 2.56 bits per heavy atom. The minimum Gasteiger partial charge on any atom is -0.351 e. The fourth-order valence-corrected chi connectivity index (χ4v) is 0.909. The maximum Gasteiger partial charge on any atom is 0.217 e. The monoisotopic (exact) mass is 128 g/mol. The first-order valence-electron chi connectivity index (χ1n) is 3.20. The largest absolute Gasteiger partial charge is 0.351 e. The first kappa shape index (κ1) is 6.55. The molecule has 0 aromatic carbocycles. The van der Waals surface area contributed by atoms with E-state index in [1.165, 1.54) is 0 Å². The van der Waals surface area contributed by atoms with Crippen molar-refractivity contribution in [3.05, 3.63) is 0 Å². The molecule has 1 aliphatic rings. The summed E-state index contributed by atoms with van der Waals surface area (Å²) in [5, 5.41) is 5.98. The van der Waals surface area contributed by atoms with Crippen LogP contribution >= 0.6 is 0 Å². The number of rotatable bonds is 1. The molecule has 1 heterocycles. The molecule has 0 radical (unpaired) electrons. The third-order valence-corrected chi connectivity index (χ3v) is 1.65. The van der Waals surface area contributed by atoms with Gasteiger partial charge in [-0.2, -0.15) is 0 Å². The van der Waals surface area contributed by atoms with Crippen molar-refractivity contribution in [1.29, 1.82) is 0 Å². The van der Waals surface area contributed by atoms with Crippen LogP contribution in [0.1, 0.15) is 13.8 Å². The predicted molar refractivity (Wildman–Crippen MR) is 35.1 cm³/mol. The van der Waals surface area contributed by atoms with Crippen LogP contribution in [0.15, 0.2) is 0 Å². The maximum absolute atomic E-state index is 10.5. The summed E-state index contributed by atoms with van der Waals surface area (Å²) in [5.41, 5.74) is 0. The van der Waals surface area contributed by atoms with E-state index in [9.17, 15) is 4.79 Å². The van der Waals surface area contributed by atoms with Gasteiger partial charge in [0.25, 0.3) is 0 Å². The summed E-state index contributed by atoms with van der Waals surface area (Å²) in [5.74, 6) is 0.0633. The summed E-state index contributed by atoms with van der Waals surface area (Å²) >= 11 is 0. The van der Waals surface area contributed by atoms with Gasteiger partial charge in [0.2, 0.25) is 5.91 Å². The highest BCUT2D eigenvalue weighted by molar-refractivity contribution is 5.73. The van der Waals surface area contributed by atoms with Gasteiger partial charge in [0.1, 0.15) is 0 Å². The van der Waals surface area contributed by atoms with Crippen LogP contribution in [0.4, 0.5) is 0 Å². The van der Waals surface area contributed by atoms with Gasteiger partial charge < -0.3 is 10.6 Å². The topological polar surface area (TPSA) is 41.1 Å². The number of amides is 1. The highest BCUT2D eigenvalue weighted by atomic mass is 16.1. The zero-order valence-electron chi connectivity index (χ0n) is 5.77. The summed E-state index contributed by atoms with van der Waals surface area (Å²) in [6.07, 6.45) is 0. The highest BCUT2D eigenvalue weighted by Gasteiger charge is 2.25. The van der Waals surface area contributed by atoms with Crippen LogP contribution in [0.3, 0.4) is 0 Å². The first-order valence-corrected chi connectivity index (χ1v) is 3.20. The number of hydrogen-bond acceptors (Lipinski definition) is 2. The second-order valence-electron chi connectivity index (χ2n) is 2.50. The molecule has 1 saturated heterocycles. The van der Waals surface area contributed by atoms with E-state index in [2.05, 4.69) is 17.6 Å². The standard InChI is InChI=1S/C6H12N2O/c1-4-6(3-7-4)8-5(2)9/h4,6-7H,3H2,1-2H3,(H,8,9)/t4-,6+/m1/s1. The van der Waals surface area contributed by atoms with E-state index < -0.39 is 0 Å². The van der Waals surface area contributed by atoms with Crippen LogP contribution in [-0.4, -0.2) is 24.5 Å². The average molecular weight is 128 g/mol. The highest BCUT2D eigenvalue weighted by Crippen LogP contribution is 2.01. The molecule has 0 bridgehead atoms. The van der Waals surface area contributed by atoms with Crippen LogP contribution in [0, 0.1) is 0 Å². The summed E-state index contributed by atoms with van der Waals surface area (Å²) in [7, 11) is 0. The van der Waals surface area contributed by atoms with E-state index in [0.717, 1.165) is 6.54 Å². The minimum atomic E-state index is 0.0633. The summed E-state index contributed by atoms with van der Waals surface area (Å²) in [6.45, 7) is 4.52. The molecule has 0 unspecified atom stereocenters. The second-order valence-corrected chi connectivity index (χ2v) is 2.50. The zero-order chi connectivity index (χ0) is 6.85. The lowest BCUT2D eigenvalue weighted by atomic mass is 10.0. The van der Waals surface area contributed by atoms with Crippen LogP contribution < -0.4 is 10.6 Å². The molecule has 0 aromatic heterocycles. The molecule has 2 atom stereocenters. The molecule has 1 amide bonds. The van der Waals surface area contributed by atoms with E-state index in [1.807, 2.05) is 0 Å². The lowest BCUT2D eigenvalue weighted by Gasteiger charge is -2.35. The first-order chi connectivity index (χ1) is 4.20. The Bertz CT molecular complexity index is 124. The van der Waals surface area contributed by atoms with E-state index in [1.54, 1.807) is 6.92 Å². The SMILES string of the molecule is CC(=O)N[C@H]1CN[C@@H]1C. The fraction of sp³-hybridized carbons (Fsp3) is 0.833. The molecule has 1 fully saturated rings. The molecular weight excluding hydrogens is 116 g/mol. The van der Waals surface area contributed by atoms with Crippen molar-refractivity contribution in [3.63, 3.8) is 0 Å². The van der Waals surface area contributed by atoms with Crippen molar-refractivity contribution >= 4 is 5.91 Å². The molecule has 3 nitrogen and oxygen atoms in total. The minimum absolute atomic E-state index is 0.0633. The number of carbonyl (C=O) groups excluding carboxylic acids is 1. The lowest BCUT2D eigenvalue weighted by molar-refractivity contribution is -0.120. The van der Waals surface area contributed by atoms with E-state index >= 15 is 0 Å². The van der Waals surface area contributed by atoms with Crippen LogP contribution in [-0.2, 0) is 4.79 Å². The fourth-order valence-electron chi connectivity index (χ4n) is 0.909. The van der Waals surface area contributed by atoms with Crippen molar-refractivity contribution in [2.45, 2.75) is 25.9 Å². The quantitative estimate of drug-likeness (QED) is 0.499. The molecule has 9 heavy (non-hydrogen) atoms. The second kappa shape index (κ2) is 2.35. The molecule has 1 aliphatic heterocycles. The Hall–Kier alpha value is -0.570. The molecule has 0 aliphatic carbocycles. The molecule has 3 heteroatoms. The van der Waals surface area contributed by atoms with E-state index in [4.69, 9.17) is 0 Å². The number of nitrogens with one attached hydrogen (secondary N) is 2. The Morgan fingerprint density at radius 2 is 2.44 bits per heavy atom. The van der Waals surface area contributed by atoms with Crippen molar-refractivity contribution < 1.29 is 4.79 Å². The van der Waals surface area contributed by atoms with Crippen LogP contribution in [0.5, 0.6) is 0 Å². The molecule has 1 rings (SSSR count). The third-order valence-electron chi connectivity index (χ3n) is 1.65. The van der Waals surface area contributed by atoms with Crippen LogP contribution in [0.2, 0.25) is 0 Å². The summed E-state index contributed by atoms with van der Waals surface area (Å²) in [6, 6.07) is 0.816. The predicted octanol–water partition coefficient (Wildman–Crippen LogP) is -0.517. The van der Waals surface area contributed by atoms with Gasteiger partial charge in [-0.3, -0.25) is 4.79 Å². The lowest BCUT2D eigenvalue weighted by Crippen LogP contribution is -2.63. The zero-order valence-corrected chi connectivity index (χ0v) is 5.77. The molecule has 2 N–H and O–H groups in total. The Balaban J connectivity index is 2.21. The van der Waals surface area contributed by atoms with Gasteiger partial charge in [-0.15, -0.1) is 0 Å². The number of hydrogen-bond donors (Lipinski definition) is 2. The molecule has 52 valence electrons. The van der Waals surface area contributed by atoms with Gasteiger partial charge in [-0.05, 0) is 6.92 Å². The van der Waals surface area contributed by atoms with Gasteiger partial charge in [0.15, 0.2) is 0 Å². The van der Waals surface area contributed by atoms with Gasteiger partial charge in [0, 0.05) is 19.5 Å². The Labute approximate surface area is 54.8 Å². The van der Waals surface area contributed by atoms with Crippen molar-refractivity contribution in [1.82, 2.24) is 10.6 Å². The Morgan fingerprint density at radius 1 is 1.78 bits per heavy atom. The summed E-state index contributed by atoms with van der Waals surface area (Å²) in [4.78, 5) is 10.5. The van der Waals surface area contributed by atoms with Gasteiger partial charge in [-0.25, -0.2) is 0 Å². The average Bonchev–Trinajstić information content (AvgIpc) is 1.79. The Kier molecular flexibility index (Phi) is 1.71. The van der Waals surface area contributed by atoms with E-state index in [0.29, 0.717) is 12.1 Å². The van der Waals surface area contributed by atoms with Crippen molar-refractivity contribution in [2.24, 2.45) is 0 Å². The van der Waals surface area contributed by atoms with Crippen molar-refractivity contribution in [3.8, 4) is 0 Å². The molecule has 0 saturated carbocycles. The van der Waals surface area contributed by atoms with E-state index in [-0.39, 0.29) is 5.91 Å². The van der Waals surface area contributed by atoms with Crippen molar-refractivity contribution in [2.75, 3.05) is 6.54 Å². The maximum atomic E-state index is 10.5. The molecule has 0 spiro atoms. The molecule has 0 aromatic rings.